The van der Waals surface area contributed by atoms with Crippen LogP contribution < -0.4 is 10.6 Å². The van der Waals surface area contributed by atoms with Gasteiger partial charge in [0.15, 0.2) is 23.0 Å². The predicted octanol–water partition coefficient (Wildman–Crippen LogP) is 2.59. The van der Waals surface area contributed by atoms with E-state index in [2.05, 4.69) is 24.8 Å². The third kappa shape index (κ3) is 3.39. The van der Waals surface area contributed by atoms with Crippen molar-refractivity contribution in [2.24, 2.45) is 5.92 Å². The zero-order valence-corrected chi connectivity index (χ0v) is 16.3. The number of carbonyl (C=O) groups excluding carboxylic acids is 1. The highest BCUT2D eigenvalue weighted by atomic mass is 16.5. The smallest absolute Gasteiger partial charge is 0.305 e. The number of nitrogens with zero attached hydrogens (tertiary/aromatic N) is 4. The molecule has 0 radical (unpaired) electrons. The van der Waals surface area contributed by atoms with Crippen molar-refractivity contribution in [3.05, 3.63) is 17.4 Å². The Hall–Kier alpha value is -3.10. The number of methoxy groups -OCH3 is 1. The van der Waals surface area contributed by atoms with Crippen molar-refractivity contribution in [1.82, 2.24) is 19.9 Å². The minimum absolute atomic E-state index is 0.180. The van der Waals surface area contributed by atoms with E-state index in [4.69, 9.17) is 14.9 Å². The minimum atomic E-state index is -0.180. The summed E-state index contributed by atoms with van der Waals surface area (Å²) in [6.07, 6.45) is 2.39. The number of hydrogen-bond donors (Lipinski definition) is 2. The number of carbonyl (C=O) groups is 1. The number of H-pyrrole nitrogens is 1. The second kappa shape index (κ2) is 7.14. The van der Waals surface area contributed by atoms with Crippen LogP contribution in [0, 0.1) is 19.8 Å². The third-order valence-electron chi connectivity index (χ3n) is 5.25. The van der Waals surface area contributed by atoms with Crippen LogP contribution in [0.1, 0.15) is 30.6 Å². The fraction of sp³-hybridized carbons (Fsp3) is 0.474. The number of ether oxygens (including phenoxy) is 1. The quantitative estimate of drug-likeness (QED) is 0.658. The number of imidazole rings is 1. The highest BCUT2D eigenvalue weighted by Gasteiger charge is 2.25. The first-order chi connectivity index (χ1) is 13.4. The van der Waals surface area contributed by atoms with E-state index in [0.29, 0.717) is 40.9 Å². The van der Waals surface area contributed by atoms with E-state index in [1.807, 2.05) is 19.9 Å². The van der Waals surface area contributed by atoms with Gasteiger partial charge in [-0.3, -0.25) is 4.79 Å². The van der Waals surface area contributed by atoms with Crippen LogP contribution in [0.15, 0.2) is 10.5 Å². The van der Waals surface area contributed by atoms with Crippen molar-refractivity contribution < 1.29 is 13.9 Å². The SMILES string of the molecule is COC(=O)CC1CCCN(c2nc3nc(-c4cc(C)c(C)o4)nc(N)c3[nH]2)C1. The number of fused-ring (bicyclic) bond motifs is 1. The molecule has 1 aliphatic heterocycles. The molecule has 3 aromatic rings. The Morgan fingerprint density at radius 3 is 2.93 bits per heavy atom. The molecule has 1 unspecified atom stereocenters. The first kappa shape index (κ1) is 18.3. The second-order valence-corrected chi connectivity index (χ2v) is 7.28. The monoisotopic (exact) mass is 384 g/mol. The lowest BCUT2D eigenvalue weighted by molar-refractivity contribution is -0.141. The molecule has 1 aliphatic rings. The lowest BCUT2D eigenvalue weighted by Crippen LogP contribution is -2.37. The van der Waals surface area contributed by atoms with E-state index in [1.165, 1.54) is 7.11 Å². The van der Waals surface area contributed by atoms with E-state index in [1.54, 1.807) is 0 Å². The van der Waals surface area contributed by atoms with E-state index < -0.39 is 0 Å². The maximum atomic E-state index is 11.6. The Morgan fingerprint density at radius 1 is 1.39 bits per heavy atom. The van der Waals surface area contributed by atoms with Crippen molar-refractivity contribution >= 4 is 28.9 Å². The molecule has 3 aromatic heterocycles. The van der Waals surface area contributed by atoms with Crippen LogP contribution in [-0.2, 0) is 9.53 Å². The van der Waals surface area contributed by atoms with Crippen molar-refractivity contribution in [3.8, 4) is 11.6 Å². The van der Waals surface area contributed by atoms with Gasteiger partial charge >= 0.3 is 5.97 Å². The highest BCUT2D eigenvalue weighted by molar-refractivity contribution is 5.85. The Balaban J connectivity index is 1.62. The molecule has 0 aromatic carbocycles. The molecule has 0 spiro atoms. The Kier molecular flexibility index (Phi) is 4.66. The Labute approximate surface area is 162 Å². The van der Waals surface area contributed by atoms with Gasteiger partial charge in [-0.1, -0.05) is 0 Å². The highest BCUT2D eigenvalue weighted by Crippen LogP contribution is 2.29. The molecule has 0 saturated carbocycles. The first-order valence-electron chi connectivity index (χ1n) is 9.37. The van der Waals surface area contributed by atoms with Gasteiger partial charge in [0.1, 0.15) is 11.3 Å². The lowest BCUT2D eigenvalue weighted by Gasteiger charge is -2.31. The molecule has 3 N–H and O–H groups in total. The number of esters is 1. The van der Waals surface area contributed by atoms with Gasteiger partial charge in [-0.05, 0) is 44.2 Å². The van der Waals surface area contributed by atoms with E-state index >= 15 is 0 Å². The van der Waals surface area contributed by atoms with Crippen LogP contribution >= 0.6 is 0 Å². The van der Waals surface area contributed by atoms with Crippen LogP contribution in [0.3, 0.4) is 0 Å². The molecular formula is C19H24N6O3. The van der Waals surface area contributed by atoms with Crippen LogP contribution in [-0.4, -0.2) is 46.1 Å². The summed E-state index contributed by atoms with van der Waals surface area (Å²) in [7, 11) is 1.42. The molecule has 1 saturated heterocycles. The molecular weight excluding hydrogens is 360 g/mol. The molecule has 1 atom stereocenters. The number of hydrogen-bond acceptors (Lipinski definition) is 8. The number of furan rings is 1. The standard InChI is InChI=1S/C19H24N6O3/c1-10-7-13(28-11(10)2)17-22-16(20)15-18(23-17)24-19(21-15)25-6-4-5-12(9-25)8-14(26)27-3/h7,12H,4-6,8-9H2,1-3H3,(H3,20,21,22,23,24). The van der Waals surface area contributed by atoms with Gasteiger partial charge in [-0.2, -0.15) is 4.98 Å². The summed E-state index contributed by atoms with van der Waals surface area (Å²) in [4.78, 5) is 30.5. The van der Waals surface area contributed by atoms with Gasteiger partial charge in [0, 0.05) is 19.5 Å². The summed E-state index contributed by atoms with van der Waals surface area (Å²) in [6, 6.07) is 1.89. The summed E-state index contributed by atoms with van der Waals surface area (Å²) >= 11 is 0. The molecule has 148 valence electrons. The average Bonchev–Trinajstić information content (AvgIpc) is 3.26. The van der Waals surface area contributed by atoms with Crippen LogP contribution in [0.2, 0.25) is 0 Å². The fourth-order valence-electron chi connectivity index (χ4n) is 3.59. The second-order valence-electron chi connectivity index (χ2n) is 7.28. The maximum Gasteiger partial charge on any atom is 0.305 e. The largest absolute Gasteiger partial charge is 0.469 e. The number of nitrogens with two attached hydrogens (primary N) is 1. The third-order valence-corrected chi connectivity index (χ3v) is 5.25. The average molecular weight is 384 g/mol. The van der Waals surface area contributed by atoms with Gasteiger partial charge in [0.25, 0.3) is 0 Å². The number of piperidine rings is 1. The number of nitrogens with one attached hydrogen (secondary N) is 1. The van der Waals surface area contributed by atoms with Gasteiger partial charge in [-0.25, -0.2) is 9.97 Å². The molecule has 0 bridgehead atoms. The van der Waals surface area contributed by atoms with Gasteiger partial charge in [-0.15, -0.1) is 0 Å². The lowest BCUT2D eigenvalue weighted by atomic mass is 9.95. The molecule has 1 fully saturated rings. The fourth-order valence-corrected chi connectivity index (χ4v) is 3.59. The molecule has 0 aliphatic carbocycles. The number of aromatic amines is 1. The molecule has 9 nitrogen and oxygen atoms in total. The molecule has 28 heavy (non-hydrogen) atoms. The zero-order chi connectivity index (χ0) is 19.8. The minimum Gasteiger partial charge on any atom is -0.469 e. The molecule has 4 rings (SSSR count). The molecule has 9 heteroatoms. The number of rotatable bonds is 4. The summed E-state index contributed by atoms with van der Waals surface area (Å²) in [5.41, 5.74) is 8.29. The molecule has 4 heterocycles. The zero-order valence-electron chi connectivity index (χ0n) is 16.3. The number of anilines is 2. The van der Waals surface area contributed by atoms with Crippen molar-refractivity contribution in [1.29, 1.82) is 0 Å². The van der Waals surface area contributed by atoms with E-state index in [-0.39, 0.29) is 11.9 Å². The van der Waals surface area contributed by atoms with Crippen LogP contribution in [0.25, 0.3) is 22.7 Å². The van der Waals surface area contributed by atoms with Crippen molar-refractivity contribution in [2.45, 2.75) is 33.1 Å². The number of nitrogen functional groups attached to an aromatic ring is 1. The summed E-state index contributed by atoms with van der Waals surface area (Å²) in [5, 5.41) is 0. The van der Waals surface area contributed by atoms with Crippen LogP contribution in [0.5, 0.6) is 0 Å². The summed E-state index contributed by atoms with van der Waals surface area (Å²) < 4.78 is 10.5. The normalized spacial score (nSPS) is 17.2. The predicted molar refractivity (Wildman–Crippen MR) is 105 cm³/mol. The van der Waals surface area contributed by atoms with Gasteiger partial charge in [0.2, 0.25) is 5.95 Å². The number of aryl methyl sites for hydroxylation is 2. The van der Waals surface area contributed by atoms with Crippen molar-refractivity contribution in [3.63, 3.8) is 0 Å². The van der Waals surface area contributed by atoms with Gasteiger partial charge in [0.05, 0.1) is 7.11 Å². The maximum absolute atomic E-state index is 11.6. The summed E-state index contributed by atoms with van der Waals surface area (Å²) in [5.74, 6) is 2.89. The Bertz CT molecular complexity index is 1000. The Morgan fingerprint density at radius 2 is 2.21 bits per heavy atom. The van der Waals surface area contributed by atoms with Crippen molar-refractivity contribution in [2.75, 3.05) is 30.8 Å². The molecule has 0 amide bonds. The summed E-state index contributed by atoms with van der Waals surface area (Å²) in [6.45, 7) is 5.45. The van der Waals surface area contributed by atoms with E-state index in [9.17, 15) is 4.79 Å². The topological polar surface area (TPSA) is 123 Å². The van der Waals surface area contributed by atoms with Gasteiger partial charge < -0.3 is 24.8 Å². The van der Waals surface area contributed by atoms with E-state index in [0.717, 1.165) is 37.3 Å². The van der Waals surface area contributed by atoms with Crippen LogP contribution in [0.4, 0.5) is 11.8 Å². The number of aromatic nitrogens is 4. The first-order valence-corrected chi connectivity index (χ1v) is 9.37.